The molecule has 1 N–H and O–H groups in total. The van der Waals surface area contributed by atoms with Crippen molar-refractivity contribution in [3.05, 3.63) is 52.6 Å². The molecule has 1 aliphatic rings. The van der Waals surface area contributed by atoms with E-state index >= 15 is 0 Å². The highest BCUT2D eigenvalue weighted by atomic mass is 79.9. The minimum absolute atomic E-state index is 0.266. The largest absolute Gasteiger partial charge is 0.367 e. The lowest BCUT2D eigenvalue weighted by atomic mass is 10.2. The van der Waals surface area contributed by atoms with Gasteiger partial charge in [0.05, 0.1) is 5.69 Å². The fourth-order valence-electron chi connectivity index (χ4n) is 1.70. The van der Waals surface area contributed by atoms with Gasteiger partial charge in [0.25, 0.3) is 0 Å². The van der Waals surface area contributed by atoms with Crippen molar-refractivity contribution >= 4 is 33.4 Å². The van der Waals surface area contributed by atoms with Gasteiger partial charge in [0.15, 0.2) is 0 Å². The van der Waals surface area contributed by atoms with Crippen molar-refractivity contribution in [1.29, 1.82) is 0 Å². The number of rotatable bonds is 1. The summed E-state index contributed by atoms with van der Waals surface area (Å²) in [7, 11) is 0. The van der Waals surface area contributed by atoms with Gasteiger partial charge in [-0.2, -0.15) is 0 Å². The molecule has 0 aliphatic carbocycles. The van der Waals surface area contributed by atoms with Crippen molar-refractivity contribution in [2.24, 2.45) is 0 Å². The van der Waals surface area contributed by atoms with Crippen molar-refractivity contribution in [1.82, 2.24) is 4.98 Å². The summed E-state index contributed by atoms with van der Waals surface area (Å²) in [5.41, 5.74) is 2.38. The van der Waals surface area contributed by atoms with Gasteiger partial charge in [-0.3, -0.25) is 0 Å². The molecule has 0 saturated carbocycles. The molecular weight excluding hydrogens is 284 g/mol. The molecule has 0 spiro atoms. The number of aromatic nitrogens is 1. The quantitative estimate of drug-likeness (QED) is 0.858. The second-order valence-electron chi connectivity index (χ2n) is 3.55. The lowest BCUT2D eigenvalue weighted by molar-refractivity contribution is 1.12. The molecule has 1 unspecified atom stereocenters. The van der Waals surface area contributed by atoms with Gasteiger partial charge in [0.2, 0.25) is 0 Å². The van der Waals surface area contributed by atoms with Gasteiger partial charge in [-0.05, 0) is 29.8 Å². The molecule has 0 amide bonds. The van der Waals surface area contributed by atoms with Crippen LogP contribution < -0.4 is 5.32 Å². The highest BCUT2D eigenvalue weighted by Crippen LogP contribution is 2.45. The first-order valence-corrected chi connectivity index (χ1v) is 6.64. The number of hydrogen-bond acceptors (Lipinski definition) is 3. The highest BCUT2D eigenvalue weighted by molar-refractivity contribution is 9.10. The molecular formula is C12H9BrN2S. The van der Waals surface area contributed by atoms with Crippen LogP contribution in [0.2, 0.25) is 0 Å². The molecule has 1 aromatic carbocycles. The first-order chi connectivity index (χ1) is 7.83. The second kappa shape index (κ2) is 4.11. The summed E-state index contributed by atoms with van der Waals surface area (Å²) in [4.78, 5) is 4.35. The van der Waals surface area contributed by atoms with Crippen LogP contribution in [0.4, 0.5) is 5.69 Å². The van der Waals surface area contributed by atoms with E-state index in [0.717, 1.165) is 15.2 Å². The predicted octanol–water partition coefficient (Wildman–Crippen LogP) is 4.06. The van der Waals surface area contributed by atoms with Crippen LogP contribution in [0.1, 0.15) is 10.9 Å². The maximum atomic E-state index is 4.35. The summed E-state index contributed by atoms with van der Waals surface area (Å²) in [6.45, 7) is 0. The third kappa shape index (κ3) is 1.83. The fourth-order valence-corrected chi connectivity index (χ4v) is 3.18. The van der Waals surface area contributed by atoms with Gasteiger partial charge in [-0.1, -0.05) is 39.8 Å². The number of benzene rings is 1. The zero-order valence-electron chi connectivity index (χ0n) is 8.35. The maximum Gasteiger partial charge on any atom is 0.121 e. The highest BCUT2D eigenvalue weighted by Gasteiger charge is 2.23. The minimum atomic E-state index is 0.266. The molecule has 2 aromatic rings. The van der Waals surface area contributed by atoms with E-state index in [9.17, 15) is 0 Å². The van der Waals surface area contributed by atoms with Gasteiger partial charge in [0, 0.05) is 10.7 Å². The molecule has 80 valence electrons. The number of hydrogen-bond donors (Lipinski definition) is 1. The first-order valence-electron chi connectivity index (χ1n) is 4.96. The average molecular weight is 293 g/mol. The smallest absolute Gasteiger partial charge is 0.121 e. The van der Waals surface area contributed by atoms with E-state index in [0.29, 0.717) is 0 Å². The Morgan fingerprint density at radius 3 is 3.00 bits per heavy atom. The summed E-state index contributed by atoms with van der Waals surface area (Å²) in [5, 5.41) is 4.80. The van der Waals surface area contributed by atoms with Crippen molar-refractivity contribution in [2.45, 2.75) is 10.4 Å². The van der Waals surface area contributed by atoms with E-state index in [1.165, 1.54) is 5.56 Å². The van der Waals surface area contributed by atoms with Gasteiger partial charge in [0.1, 0.15) is 10.4 Å². The van der Waals surface area contributed by atoms with E-state index in [2.05, 4.69) is 50.5 Å². The molecule has 3 rings (SSSR count). The van der Waals surface area contributed by atoms with Crippen molar-refractivity contribution < 1.29 is 0 Å². The van der Waals surface area contributed by atoms with E-state index in [-0.39, 0.29) is 5.37 Å². The van der Waals surface area contributed by atoms with Crippen molar-refractivity contribution in [3.63, 3.8) is 0 Å². The molecule has 2 nitrogen and oxygen atoms in total. The number of fused-ring (bicyclic) bond motifs is 1. The summed E-state index contributed by atoms with van der Waals surface area (Å²) >= 11 is 5.25. The van der Waals surface area contributed by atoms with Crippen LogP contribution in [-0.2, 0) is 0 Å². The van der Waals surface area contributed by atoms with Crippen LogP contribution in [0.3, 0.4) is 0 Å². The van der Waals surface area contributed by atoms with Crippen LogP contribution in [0, 0.1) is 0 Å². The minimum Gasteiger partial charge on any atom is -0.367 e. The molecule has 0 bridgehead atoms. The van der Waals surface area contributed by atoms with Gasteiger partial charge in [-0.25, -0.2) is 4.98 Å². The molecule has 4 heteroatoms. The Labute approximate surface area is 107 Å². The van der Waals surface area contributed by atoms with E-state index in [1.54, 1.807) is 11.8 Å². The summed E-state index contributed by atoms with van der Waals surface area (Å²) in [5.74, 6) is 0. The van der Waals surface area contributed by atoms with Gasteiger partial charge < -0.3 is 5.32 Å². The fraction of sp³-hybridized carbons (Fsp3) is 0.0833. The standard InChI is InChI=1S/C12H9BrN2S/c13-9-4-1-3-8(7-9)11-15-10-5-2-6-14-12(10)16-11/h1-7,11,15H. The second-order valence-corrected chi connectivity index (χ2v) is 5.56. The Bertz CT molecular complexity index is 505. The molecule has 1 atom stereocenters. The van der Waals surface area contributed by atoms with E-state index in [1.807, 2.05) is 18.3 Å². The average Bonchev–Trinajstić information content (AvgIpc) is 2.72. The topological polar surface area (TPSA) is 24.9 Å². The summed E-state index contributed by atoms with van der Waals surface area (Å²) in [6, 6.07) is 12.4. The Balaban J connectivity index is 1.91. The van der Waals surface area contributed by atoms with Gasteiger partial charge >= 0.3 is 0 Å². The number of pyridine rings is 1. The molecule has 2 heterocycles. The summed E-state index contributed by atoms with van der Waals surface area (Å²) in [6.07, 6.45) is 1.83. The SMILES string of the molecule is Brc1cccc(C2Nc3cccnc3S2)c1. The van der Waals surface area contributed by atoms with Gasteiger partial charge in [-0.15, -0.1) is 0 Å². The number of thioether (sulfide) groups is 1. The molecule has 1 aliphatic heterocycles. The Morgan fingerprint density at radius 1 is 1.25 bits per heavy atom. The third-order valence-electron chi connectivity index (χ3n) is 2.44. The first kappa shape index (κ1) is 10.2. The van der Waals surface area contributed by atoms with Crippen LogP contribution in [0.5, 0.6) is 0 Å². The Hall–Kier alpha value is -1.00. The maximum absolute atomic E-state index is 4.35. The normalized spacial score (nSPS) is 17.9. The lowest BCUT2D eigenvalue weighted by Crippen LogP contribution is -2.00. The van der Waals surface area contributed by atoms with Crippen LogP contribution >= 0.6 is 27.7 Å². The molecule has 0 radical (unpaired) electrons. The lowest BCUT2D eigenvalue weighted by Gasteiger charge is -2.10. The molecule has 16 heavy (non-hydrogen) atoms. The third-order valence-corrected chi connectivity index (χ3v) is 4.11. The molecule has 0 fully saturated rings. The number of halogens is 1. The van der Waals surface area contributed by atoms with Crippen LogP contribution in [0.15, 0.2) is 52.1 Å². The Kier molecular flexibility index (Phi) is 2.61. The molecule has 1 aromatic heterocycles. The number of nitrogens with zero attached hydrogens (tertiary/aromatic N) is 1. The number of nitrogens with one attached hydrogen (secondary N) is 1. The van der Waals surface area contributed by atoms with E-state index < -0.39 is 0 Å². The zero-order chi connectivity index (χ0) is 11.0. The van der Waals surface area contributed by atoms with Crippen LogP contribution in [-0.4, -0.2) is 4.98 Å². The van der Waals surface area contributed by atoms with E-state index in [4.69, 9.17) is 0 Å². The summed E-state index contributed by atoms with van der Waals surface area (Å²) < 4.78 is 1.11. The molecule has 0 saturated heterocycles. The Morgan fingerprint density at radius 2 is 2.19 bits per heavy atom. The number of anilines is 1. The van der Waals surface area contributed by atoms with Crippen molar-refractivity contribution in [2.75, 3.05) is 5.32 Å². The predicted molar refractivity (Wildman–Crippen MR) is 70.6 cm³/mol. The van der Waals surface area contributed by atoms with Crippen LogP contribution in [0.25, 0.3) is 0 Å². The van der Waals surface area contributed by atoms with Crippen molar-refractivity contribution in [3.8, 4) is 0 Å². The zero-order valence-corrected chi connectivity index (χ0v) is 10.8. The monoisotopic (exact) mass is 292 g/mol.